The molecule has 4 heterocycles. The summed E-state index contributed by atoms with van der Waals surface area (Å²) in [6.45, 7) is 7.61. The quantitative estimate of drug-likeness (QED) is 0.570. The van der Waals surface area contributed by atoms with Gasteiger partial charge in [-0.1, -0.05) is 0 Å². The SMILES string of the molecule is Cc1c(C(N)=O)nc2c(NCC3(F)CCN(C(=O)OC(C)(C)C)CC3)nc(-c3ccncc3)cn12. The predicted octanol–water partition coefficient (Wildman–Crippen LogP) is 3.35. The molecule has 0 spiro atoms. The van der Waals surface area contributed by atoms with Crippen LogP contribution in [-0.4, -0.2) is 67.2 Å². The summed E-state index contributed by atoms with van der Waals surface area (Å²) in [6.07, 6.45) is 4.93. The van der Waals surface area contributed by atoms with Gasteiger partial charge in [0.25, 0.3) is 5.91 Å². The van der Waals surface area contributed by atoms with E-state index in [-0.39, 0.29) is 38.2 Å². The number of hydrogen-bond acceptors (Lipinski definition) is 7. The number of imidazole rings is 1. The molecular formula is C24H30FN7O3. The Kier molecular flexibility index (Phi) is 6.35. The smallest absolute Gasteiger partial charge is 0.410 e. The molecule has 1 fully saturated rings. The summed E-state index contributed by atoms with van der Waals surface area (Å²) in [4.78, 5) is 38.8. The second-order valence-corrected chi connectivity index (χ2v) is 9.79. The van der Waals surface area contributed by atoms with Crippen molar-refractivity contribution in [3.63, 3.8) is 0 Å². The van der Waals surface area contributed by atoms with Gasteiger partial charge in [-0.25, -0.2) is 19.2 Å². The Balaban J connectivity index is 1.56. The predicted molar refractivity (Wildman–Crippen MR) is 129 cm³/mol. The summed E-state index contributed by atoms with van der Waals surface area (Å²) < 4.78 is 22.8. The van der Waals surface area contributed by atoms with E-state index in [9.17, 15) is 9.59 Å². The second-order valence-electron chi connectivity index (χ2n) is 9.79. The molecule has 2 amide bonds. The Labute approximate surface area is 202 Å². The highest BCUT2D eigenvalue weighted by Gasteiger charge is 2.37. The number of primary amides is 1. The third-order valence-corrected chi connectivity index (χ3v) is 5.94. The van der Waals surface area contributed by atoms with Gasteiger partial charge in [-0.15, -0.1) is 0 Å². The number of anilines is 1. The van der Waals surface area contributed by atoms with Gasteiger partial charge in [0.15, 0.2) is 11.5 Å². The second kappa shape index (κ2) is 9.12. The van der Waals surface area contributed by atoms with Gasteiger partial charge in [0.1, 0.15) is 17.0 Å². The number of hydrogen-bond donors (Lipinski definition) is 2. The molecule has 1 saturated heterocycles. The van der Waals surface area contributed by atoms with Crippen molar-refractivity contribution < 1.29 is 18.7 Å². The van der Waals surface area contributed by atoms with Crippen LogP contribution in [0.2, 0.25) is 0 Å². The summed E-state index contributed by atoms with van der Waals surface area (Å²) >= 11 is 0. The van der Waals surface area contributed by atoms with E-state index >= 15 is 4.39 Å². The zero-order valence-electron chi connectivity index (χ0n) is 20.3. The largest absolute Gasteiger partial charge is 0.444 e. The van der Waals surface area contributed by atoms with E-state index in [1.807, 2.05) is 12.1 Å². The van der Waals surface area contributed by atoms with Gasteiger partial charge in [0.2, 0.25) is 0 Å². The van der Waals surface area contributed by atoms with E-state index in [1.54, 1.807) is 50.7 Å². The van der Waals surface area contributed by atoms with E-state index < -0.39 is 23.3 Å². The maximum absolute atomic E-state index is 15.7. The molecule has 11 heteroatoms. The van der Waals surface area contributed by atoms with Crippen LogP contribution in [-0.2, 0) is 4.74 Å². The number of carbonyl (C=O) groups is 2. The fourth-order valence-electron chi connectivity index (χ4n) is 4.01. The number of alkyl halides is 1. The molecule has 0 atom stereocenters. The lowest BCUT2D eigenvalue weighted by Gasteiger charge is -2.37. The van der Waals surface area contributed by atoms with Gasteiger partial charge in [0.05, 0.1) is 17.9 Å². The maximum Gasteiger partial charge on any atom is 0.410 e. The Morgan fingerprint density at radius 1 is 1.20 bits per heavy atom. The van der Waals surface area contributed by atoms with Crippen LogP contribution in [0.1, 0.15) is 49.8 Å². The summed E-state index contributed by atoms with van der Waals surface area (Å²) in [5.74, 6) is -0.319. The minimum absolute atomic E-state index is 0.0323. The molecule has 0 radical (unpaired) electrons. The lowest BCUT2D eigenvalue weighted by molar-refractivity contribution is 0.00574. The molecular weight excluding hydrogens is 453 g/mol. The average molecular weight is 484 g/mol. The van der Waals surface area contributed by atoms with Crippen LogP contribution in [0.25, 0.3) is 16.9 Å². The third-order valence-electron chi connectivity index (χ3n) is 5.94. The fraction of sp³-hybridized carbons (Fsp3) is 0.458. The maximum atomic E-state index is 15.7. The first-order valence-electron chi connectivity index (χ1n) is 11.5. The number of rotatable bonds is 5. The van der Waals surface area contributed by atoms with Crippen LogP contribution < -0.4 is 11.1 Å². The highest BCUT2D eigenvalue weighted by molar-refractivity contribution is 5.93. The summed E-state index contributed by atoms with van der Waals surface area (Å²) in [6, 6.07) is 3.62. The summed E-state index contributed by atoms with van der Waals surface area (Å²) in [5, 5.41) is 3.10. The van der Waals surface area contributed by atoms with E-state index in [0.717, 1.165) is 5.56 Å². The normalized spacial score (nSPS) is 15.7. The summed E-state index contributed by atoms with van der Waals surface area (Å²) in [5.41, 5.74) is 5.81. The number of aromatic nitrogens is 4. The number of aryl methyl sites for hydroxylation is 1. The number of carbonyl (C=O) groups excluding carboxylic acids is 2. The minimum atomic E-state index is -1.56. The van der Waals surface area contributed by atoms with Crippen molar-refractivity contribution >= 4 is 23.5 Å². The van der Waals surface area contributed by atoms with Crippen LogP contribution in [0, 0.1) is 6.92 Å². The van der Waals surface area contributed by atoms with Gasteiger partial charge in [-0.05, 0) is 39.8 Å². The Morgan fingerprint density at radius 2 is 1.86 bits per heavy atom. The first kappa shape index (κ1) is 24.4. The van der Waals surface area contributed by atoms with Crippen LogP contribution in [0.3, 0.4) is 0 Å². The molecule has 1 aliphatic heterocycles. The van der Waals surface area contributed by atoms with E-state index in [2.05, 4.69) is 20.3 Å². The Morgan fingerprint density at radius 3 is 2.46 bits per heavy atom. The third kappa shape index (κ3) is 5.33. The number of likely N-dealkylation sites (tertiary alicyclic amines) is 1. The van der Waals surface area contributed by atoms with Crippen molar-refractivity contribution in [2.45, 2.75) is 51.8 Å². The first-order chi connectivity index (χ1) is 16.5. The molecule has 0 aromatic carbocycles. The van der Waals surface area contributed by atoms with Gasteiger partial charge in [-0.2, -0.15) is 0 Å². The number of amides is 2. The zero-order valence-corrected chi connectivity index (χ0v) is 20.3. The van der Waals surface area contributed by atoms with Crippen molar-refractivity contribution in [1.82, 2.24) is 24.3 Å². The first-order valence-corrected chi connectivity index (χ1v) is 11.5. The molecule has 10 nitrogen and oxygen atoms in total. The van der Waals surface area contributed by atoms with Crippen molar-refractivity contribution in [3.05, 3.63) is 42.1 Å². The van der Waals surface area contributed by atoms with Crippen molar-refractivity contribution in [3.8, 4) is 11.3 Å². The van der Waals surface area contributed by atoms with E-state index in [4.69, 9.17) is 10.5 Å². The number of nitrogens with zero attached hydrogens (tertiary/aromatic N) is 5. The lowest BCUT2D eigenvalue weighted by Crippen LogP contribution is -2.48. The fourth-order valence-corrected chi connectivity index (χ4v) is 4.01. The number of fused-ring (bicyclic) bond motifs is 1. The van der Waals surface area contributed by atoms with Gasteiger partial charge in [-0.3, -0.25) is 14.2 Å². The molecule has 35 heavy (non-hydrogen) atoms. The van der Waals surface area contributed by atoms with Crippen LogP contribution in [0.5, 0.6) is 0 Å². The Bertz CT molecular complexity index is 1250. The molecule has 3 aromatic heterocycles. The van der Waals surface area contributed by atoms with Crippen LogP contribution in [0.15, 0.2) is 30.7 Å². The Hall–Kier alpha value is -3.76. The van der Waals surface area contributed by atoms with Crippen LogP contribution >= 0.6 is 0 Å². The number of piperidine rings is 1. The molecule has 3 N–H and O–H groups in total. The molecule has 0 saturated carbocycles. The number of nitrogens with two attached hydrogens (primary N) is 1. The minimum Gasteiger partial charge on any atom is -0.444 e. The molecule has 3 aromatic rings. The van der Waals surface area contributed by atoms with Gasteiger partial charge in [0, 0.05) is 50.1 Å². The van der Waals surface area contributed by atoms with Crippen LogP contribution in [0.4, 0.5) is 15.0 Å². The number of halogens is 1. The molecule has 4 rings (SSSR count). The number of nitrogens with one attached hydrogen (secondary N) is 1. The zero-order chi connectivity index (χ0) is 25.4. The molecule has 0 aliphatic carbocycles. The molecule has 0 bridgehead atoms. The van der Waals surface area contributed by atoms with E-state index in [0.29, 0.717) is 22.9 Å². The molecule has 186 valence electrons. The van der Waals surface area contributed by atoms with Gasteiger partial charge >= 0.3 is 6.09 Å². The number of ether oxygens (including phenoxy) is 1. The lowest BCUT2D eigenvalue weighted by atomic mass is 9.93. The average Bonchev–Trinajstić information content (AvgIpc) is 3.14. The van der Waals surface area contributed by atoms with Crippen molar-refractivity contribution in [2.75, 3.05) is 25.0 Å². The van der Waals surface area contributed by atoms with Crippen molar-refractivity contribution in [2.24, 2.45) is 5.73 Å². The number of pyridine rings is 1. The topological polar surface area (TPSA) is 128 Å². The standard InChI is InChI=1S/C24H30FN7O3/c1-15-18(19(26)33)30-21-20(29-17(13-32(15)21)16-5-9-27-10-6-16)28-14-24(25)7-11-31(12-8-24)22(34)35-23(2,3)4/h5-6,9-10,13H,7-8,11-12,14H2,1-4H3,(H2,26,33)(H,28,29). The summed E-state index contributed by atoms with van der Waals surface area (Å²) in [7, 11) is 0. The highest BCUT2D eigenvalue weighted by Crippen LogP contribution is 2.30. The molecule has 1 aliphatic rings. The molecule has 0 unspecified atom stereocenters. The van der Waals surface area contributed by atoms with E-state index in [1.165, 1.54) is 4.90 Å². The highest BCUT2D eigenvalue weighted by atomic mass is 19.1. The monoisotopic (exact) mass is 483 g/mol. The van der Waals surface area contributed by atoms with Crippen molar-refractivity contribution in [1.29, 1.82) is 0 Å². The van der Waals surface area contributed by atoms with Gasteiger partial charge < -0.3 is 20.7 Å².